The van der Waals surface area contributed by atoms with Crippen molar-refractivity contribution in [2.24, 2.45) is 0 Å². The van der Waals surface area contributed by atoms with Crippen molar-refractivity contribution in [3.8, 4) is 33.4 Å². The number of rotatable bonds is 1. The Kier molecular flexibility index (Phi) is 4.95. The van der Waals surface area contributed by atoms with Crippen LogP contribution in [0, 0.1) is 0 Å². The Hall–Kier alpha value is -5.20. The Balaban J connectivity index is 1.18. The Morgan fingerprint density at radius 3 is 1.37 bits per heavy atom. The third-order valence-corrected chi connectivity index (χ3v) is 11.5. The minimum Gasteiger partial charge on any atom is -0.0619 e. The lowest BCUT2D eigenvalue weighted by Crippen LogP contribution is -2.15. The van der Waals surface area contributed by atoms with Crippen LogP contribution >= 0.6 is 0 Å². The lowest BCUT2D eigenvalue weighted by Gasteiger charge is -2.23. The summed E-state index contributed by atoms with van der Waals surface area (Å²) in [5, 5.41) is 10.6. The second-order valence-corrected chi connectivity index (χ2v) is 14.5. The first kappa shape index (κ1) is 26.1. The van der Waals surface area contributed by atoms with Crippen LogP contribution in [0.3, 0.4) is 0 Å². The van der Waals surface area contributed by atoms with Crippen LogP contribution in [-0.4, -0.2) is 0 Å². The molecule has 0 heterocycles. The largest absolute Gasteiger partial charge is 0.0619 e. The molecule has 2 aliphatic carbocycles. The van der Waals surface area contributed by atoms with Crippen molar-refractivity contribution in [2.45, 2.75) is 38.5 Å². The highest BCUT2D eigenvalue weighted by Crippen LogP contribution is 2.56. The SMILES string of the molecule is CC1(C)c2ccccc2-c2c1ccc1c3c(ccc21)C(C)(C)c1cc(-c2ccc4c5ccccc5c5ccccc5c4c2)ccc1-3. The zero-order chi connectivity index (χ0) is 30.9. The summed E-state index contributed by atoms with van der Waals surface area (Å²) in [5.74, 6) is 0. The van der Waals surface area contributed by atoms with Crippen LogP contribution < -0.4 is 0 Å². The van der Waals surface area contributed by atoms with Crippen molar-refractivity contribution in [3.63, 3.8) is 0 Å². The van der Waals surface area contributed by atoms with Crippen LogP contribution in [-0.2, 0) is 10.8 Å². The van der Waals surface area contributed by atoms with Gasteiger partial charge in [0, 0.05) is 10.8 Å². The normalized spacial score (nSPS) is 15.3. The van der Waals surface area contributed by atoms with E-state index in [-0.39, 0.29) is 10.8 Å². The van der Waals surface area contributed by atoms with Crippen LogP contribution in [0.25, 0.3) is 76.5 Å². The molecule has 218 valence electrons. The summed E-state index contributed by atoms with van der Waals surface area (Å²) < 4.78 is 0. The van der Waals surface area contributed by atoms with Gasteiger partial charge in [-0.3, -0.25) is 0 Å². The molecule has 0 heteroatoms. The van der Waals surface area contributed by atoms with E-state index in [2.05, 4.69) is 161 Å². The predicted molar refractivity (Wildman–Crippen MR) is 197 cm³/mol. The summed E-state index contributed by atoms with van der Waals surface area (Å²) in [6.07, 6.45) is 0. The molecule has 2 aliphatic rings. The molecule has 46 heavy (non-hydrogen) atoms. The van der Waals surface area contributed by atoms with Gasteiger partial charge in [0.2, 0.25) is 0 Å². The fourth-order valence-corrected chi connectivity index (χ4v) is 9.11. The minimum absolute atomic E-state index is 0.00266. The standard InChI is InChI=1S/C46H34/c1-45(2)39-16-10-9-15-36(39)43-34-22-24-41-44(35(34)21-23-40(43)45)37-20-18-28(26-42(37)46(41,3)4)27-17-19-33-31-13-6-5-11-29(31)30-12-7-8-14-32(30)38(33)25-27/h5-26H,1-4H3. The summed E-state index contributed by atoms with van der Waals surface area (Å²) in [6.45, 7) is 9.54. The first-order chi connectivity index (χ1) is 22.3. The van der Waals surface area contributed by atoms with Crippen molar-refractivity contribution in [1.29, 1.82) is 0 Å². The highest BCUT2D eigenvalue weighted by molar-refractivity contribution is 6.25. The molecule has 0 N–H and O–H groups in total. The van der Waals surface area contributed by atoms with E-state index < -0.39 is 0 Å². The van der Waals surface area contributed by atoms with Crippen molar-refractivity contribution in [2.75, 3.05) is 0 Å². The van der Waals surface area contributed by atoms with Gasteiger partial charge in [0.05, 0.1) is 0 Å². The molecular formula is C46H34. The van der Waals surface area contributed by atoms with Gasteiger partial charge in [0.25, 0.3) is 0 Å². The highest BCUT2D eigenvalue weighted by Gasteiger charge is 2.40. The van der Waals surface area contributed by atoms with E-state index in [1.54, 1.807) is 0 Å². The summed E-state index contributed by atoms with van der Waals surface area (Å²) >= 11 is 0. The van der Waals surface area contributed by atoms with Gasteiger partial charge >= 0.3 is 0 Å². The van der Waals surface area contributed by atoms with Gasteiger partial charge in [-0.1, -0.05) is 149 Å². The van der Waals surface area contributed by atoms with E-state index >= 15 is 0 Å². The van der Waals surface area contributed by atoms with Gasteiger partial charge in [0.15, 0.2) is 0 Å². The van der Waals surface area contributed by atoms with Gasteiger partial charge < -0.3 is 0 Å². The molecule has 0 saturated carbocycles. The third kappa shape index (κ3) is 3.19. The van der Waals surface area contributed by atoms with Crippen LogP contribution in [0.2, 0.25) is 0 Å². The fraction of sp³-hybridized carbons (Fsp3) is 0.130. The maximum Gasteiger partial charge on any atom is 0.0159 e. The smallest absolute Gasteiger partial charge is 0.0159 e. The first-order valence-corrected chi connectivity index (χ1v) is 16.5. The van der Waals surface area contributed by atoms with Gasteiger partial charge in [-0.2, -0.15) is 0 Å². The van der Waals surface area contributed by atoms with Crippen molar-refractivity contribution in [1.82, 2.24) is 0 Å². The van der Waals surface area contributed by atoms with Crippen molar-refractivity contribution in [3.05, 3.63) is 156 Å². The molecule has 0 nitrogen and oxygen atoms in total. The van der Waals surface area contributed by atoms with Gasteiger partial charge in [-0.15, -0.1) is 0 Å². The number of hydrogen-bond donors (Lipinski definition) is 0. The highest BCUT2D eigenvalue weighted by atomic mass is 14.4. The molecule has 0 aliphatic heterocycles. The molecule has 0 fully saturated rings. The van der Waals surface area contributed by atoms with Gasteiger partial charge in [-0.25, -0.2) is 0 Å². The number of benzene rings is 8. The van der Waals surface area contributed by atoms with E-state index in [1.807, 2.05) is 0 Å². The minimum atomic E-state index is -0.0925. The van der Waals surface area contributed by atoms with Gasteiger partial charge in [-0.05, 0) is 111 Å². The zero-order valence-electron chi connectivity index (χ0n) is 26.7. The van der Waals surface area contributed by atoms with E-state index in [1.165, 1.54) is 98.7 Å². The molecular weight excluding hydrogens is 553 g/mol. The maximum atomic E-state index is 2.47. The summed E-state index contributed by atoms with van der Waals surface area (Å²) in [5.41, 5.74) is 13.7. The molecule has 0 atom stereocenters. The van der Waals surface area contributed by atoms with Crippen molar-refractivity contribution >= 4 is 43.1 Å². The van der Waals surface area contributed by atoms with Crippen LogP contribution in [0.5, 0.6) is 0 Å². The molecule has 0 amide bonds. The second kappa shape index (κ2) is 8.74. The fourth-order valence-electron chi connectivity index (χ4n) is 9.11. The van der Waals surface area contributed by atoms with E-state index in [9.17, 15) is 0 Å². The lowest BCUT2D eigenvalue weighted by molar-refractivity contribution is 0.660. The topological polar surface area (TPSA) is 0 Å². The predicted octanol–water partition coefficient (Wildman–Crippen LogP) is 12.6. The Bertz CT molecular complexity index is 2590. The summed E-state index contributed by atoms with van der Waals surface area (Å²) in [4.78, 5) is 0. The van der Waals surface area contributed by atoms with Gasteiger partial charge in [0.1, 0.15) is 0 Å². The molecule has 0 spiro atoms. The summed E-state index contributed by atoms with van der Waals surface area (Å²) in [6, 6.07) is 50.6. The quantitative estimate of drug-likeness (QED) is 0.168. The van der Waals surface area contributed by atoms with E-state index in [0.717, 1.165) is 0 Å². The Labute approximate surface area is 270 Å². The third-order valence-electron chi connectivity index (χ3n) is 11.5. The Morgan fingerprint density at radius 2 is 0.739 bits per heavy atom. The van der Waals surface area contributed by atoms with Crippen LogP contribution in [0.1, 0.15) is 49.9 Å². The number of fused-ring (bicyclic) bond motifs is 15. The molecule has 0 aromatic heterocycles. The van der Waals surface area contributed by atoms with E-state index in [0.29, 0.717) is 0 Å². The lowest BCUT2D eigenvalue weighted by atomic mass is 9.80. The number of hydrogen-bond acceptors (Lipinski definition) is 0. The average molecular weight is 587 g/mol. The second-order valence-electron chi connectivity index (χ2n) is 14.5. The average Bonchev–Trinajstić information content (AvgIpc) is 3.47. The Morgan fingerprint density at radius 1 is 0.304 bits per heavy atom. The van der Waals surface area contributed by atoms with Crippen LogP contribution in [0.15, 0.2) is 133 Å². The zero-order valence-corrected chi connectivity index (χ0v) is 26.7. The van der Waals surface area contributed by atoms with Crippen molar-refractivity contribution < 1.29 is 0 Å². The molecule has 0 unspecified atom stereocenters. The molecule has 8 aromatic rings. The molecule has 10 rings (SSSR count). The molecule has 0 saturated heterocycles. The van der Waals surface area contributed by atoms with E-state index in [4.69, 9.17) is 0 Å². The first-order valence-electron chi connectivity index (χ1n) is 16.5. The maximum absolute atomic E-state index is 2.47. The van der Waals surface area contributed by atoms with Crippen LogP contribution in [0.4, 0.5) is 0 Å². The molecule has 0 radical (unpaired) electrons. The monoisotopic (exact) mass is 586 g/mol. The molecule has 0 bridgehead atoms. The molecule has 8 aromatic carbocycles. The summed E-state index contributed by atoms with van der Waals surface area (Å²) in [7, 11) is 0.